The van der Waals surface area contributed by atoms with Gasteiger partial charge in [-0.1, -0.05) is 6.92 Å². The lowest BCUT2D eigenvalue weighted by Gasteiger charge is -2.41. The van der Waals surface area contributed by atoms with E-state index in [1.54, 1.807) is 0 Å². The monoisotopic (exact) mass is 225 g/mol. The molecule has 0 bridgehead atoms. The molecule has 2 heterocycles. The summed E-state index contributed by atoms with van der Waals surface area (Å²) in [5.41, 5.74) is 6.39. The van der Waals surface area contributed by atoms with Gasteiger partial charge in [0.15, 0.2) is 0 Å². The van der Waals surface area contributed by atoms with Gasteiger partial charge in [-0.25, -0.2) is 0 Å². The Morgan fingerprint density at radius 1 is 1.44 bits per heavy atom. The lowest BCUT2D eigenvalue weighted by molar-refractivity contribution is 0.0858. The Kier molecular flexibility index (Phi) is 3.57. The fourth-order valence-corrected chi connectivity index (χ4v) is 3.75. The third-order valence-corrected chi connectivity index (χ3v) is 4.81. The van der Waals surface area contributed by atoms with Gasteiger partial charge in [0.25, 0.3) is 0 Å². The molecule has 3 heteroatoms. The van der Waals surface area contributed by atoms with Gasteiger partial charge in [0.05, 0.1) is 0 Å². The number of likely N-dealkylation sites (tertiary alicyclic amines) is 2. The molecule has 16 heavy (non-hydrogen) atoms. The molecule has 2 rings (SSSR count). The van der Waals surface area contributed by atoms with Crippen molar-refractivity contribution in [3.63, 3.8) is 0 Å². The average Bonchev–Trinajstić information content (AvgIpc) is 2.85. The van der Waals surface area contributed by atoms with E-state index in [0.717, 1.165) is 19.1 Å². The maximum Gasteiger partial charge on any atom is 0.0476 e. The van der Waals surface area contributed by atoms with Gasteiger partial charge in [-0.05, 0) is 46.2 Å². The van der Waals surface area contributed by atoms with Gasteiger partial charge >= 0.3 is 0 Å². The van der Waals surface area contributed by atoms with Gasteiger partial charge in [-0.3, -0.25) is 4.90 Å². The summed E-state index contributed by atoms with van der Waals surface area (Å²) in [6.45, 7) is 7.87. The van der Waals surface area contributed by atoms with E-state index < -0.39 is 0 Å². The van der Waals surface area contributed by atoms with E-state index in [0.29, 0.717) is 6.04 Å². The molecule has 2 fully saturated rings. The Bertz CT molecular complexity index is 231. The van der Waals surface area contributed by atoms with Gasteiger partial charge in [0.2, 0.25) is 0 Å². The van der Waals surface area contributed by atoms with E-state index in [1.165, 1.54) is 32.2 Å². The van der Waals surface area contributed by atoms with Crippen molar-refractivity contribution in [2.24, 2.45) is 5.73 Å². The van der Waals surface area contributed by atoms with Crippen LogP contribution in [0.4, 0.5) is 0 Å². The summed E-state index contributed by atoms with van der Waals surface area (Å²) >= 11 is 0. The first-order valence-electron chi connectivity index (χ1n) is 6.80. The van der Waals surface area contributed by atoms with Gasteiger partial charge in [-0.15, -0.1) is 0 Å². The number of hydrogen-bond donors (Lipinski definition) is 1. The van der Waals surface area contributed by atoms with Crippen molar-refractivity contribution in [1.29, 1.82) is 0 Å². The van der Waals surface area contributed by atoms with Crippen molar-refractivity contribution < 1.29 is 0 Å². The smallest absolute Gasteiger partial charge is 0.0476 e. The van der Waals surface area contributed by atoms with Gasteiger partial charge in [0, 0.05) is 30.7 Å². The van der Waals surface area contributed by atoms with E-state index >= 15 is 0 Å². The Labute approximate surface area is 100.0 Å². The number of nitrogens with zero attached hydrogens (tertiary/aromatic N) is 2. The molecule has 0 aromatic rings. The van der Waals surface area contributed by atoms with Crippen LogP contribution in [0.2, 0.25) is 0 Å². The van der Waals surface area contributed by atoms with Crippen molar-refractivity contribution in [1.82, 2.24) is 9.80 Å². The molecule has 0 amide bonds. The van der Waals surface area contributed by atoms with Gasteiger partial charge in [-0.2, -0.15) is 0 Å². The number of hydrogen-bond acceptors (Lipinski definition) is 3. The highest BCUT2D eigenvalue weighted by atomic mass is 15.3. The summed E-state index contributed by atoms with van der Waals surface area (Å²) in [5.74, 6) is 0. The Hall–Kier alpha value is -0.120. The summed E-state index contributed by atoms with van der Waals surface area (Å²) in [7, 11) is 2.24. The molecule has 2 saturated heterocycles. The molecule has 2 N–H and O–H groups in total. The minimum atomic E-state index is 0.269. The fourth-order valence-electron chi connectivity index (χ4n) is 3.75. The Morgan fingerprint density at radius 3 is 2.69 bits per heavy atom. The molecule has 3 nitrogen and oxygen atoms in total. The van der Waals surface area contributed by atoms with Crippen molar-refractivity contribution >= 4 is 0 Å². The maximum atomic E-state index is 6.12. The first kappa shape index (κ1) is 12.3. The van der Waals surface area contributed by atoms with Crippen LogP contribution in [0.1, 0.15) is 39.5 Å². The summed E-state index contributed by atoms with van der Waals surface area (Å²) in [4.78, 5) is 5.20. The first-order chi connectivity index (χ1) is 7.63. The van der Waals surface area contributed by atoms with Crippen LogP contribution in [-0.4, -0.2) is 54.1 Å². The molecule has 0 aromatic carbocycles. The Balaban J connectivity index is 2.15. The summed E-state index contributed by atoms with van der Waals surface area (Å²) in [6, 6.07) is 1.46. The molecule has 2 aliphatic heterocycles. The van der Waals surface area contributed by atoms with Crippen LogP contribution in [0.3, 0.4) is 0 Å². The van der Waals surface area contributed by atoms with Crippen molar-refractivity contribution in [2.45, 2.75) is 57.2 Å². The van der Waals surface area contributed by atoms with E-state index in [1.807, 2.05) is 0 Å². The van der Waals surface area contributed by atoms with Crippen LogP contribution in [0.15, 0.2) is 0 Å². The number of nitrogens with two attached hydrogens (primary N) is 1. The molecule has 0 saturated carbocycles. The Morgan fingerprint density at radius 2 is 2.19 bits per heavy atom. The molecule has 0 spiro atoms. The molecular weight excluding hydrogens is 198 g/mol. The zero-order chi connectivity index (χ0) is 11.8. The minimum Gasteiger partial charge on any atom is -0.329 e. The fraction of sp³-hybridized carbons (Fsp3) is 1.00. The summed E-state index contributed by atoms with van der Waals surface area (Å²) in [5, 5.41) is 0. The molecule has 0 aromatic heterocycles. The average molecular weight is 225 g/mol. The van der Waals surface area contributed by atoms with E-state index in [2.05, 4.69) is 30.7 Å². The van der Waals surface area contributed by atoms with Crippen LogP contribution in [0.25, 0.3) is 0 Å². The van der Waals surface area contributed by atoms with E-state index in [4.69, 9.17) is 5.73 Å². The predicted octanol–water partition coefficient (Wildman–Crippen LogP) is 1.28. The maximum absolute atomic E-state index is 6.12. The van der Waals surface area contributed by atoms with Crippen molar-refractivity contribution in [3.8, 4) is 0 Å². The zero-order valence-electron chi connectivity index (χ0n) is 11.1. The van der Waals surface area contributed by atoms with Gasteiger partial charge < -0.3 is 10.6 Å². The largest absolute Gasteiger partial charge is 0.329 e. The van der Waals surface area contributed by atoms with Crippen LogP contribution < -0.4 is 5.73 Å². The molecule has 0 aliphatic carbocycles. The molecule has 3 unspecified atom stereocenters. The molecular formula is C13H27N3. The lowest BCUT2D eigenvalue weighted by Crippen LogP contribution is -2.57. The normalized spacial score (nSPS) is 42.0. The highest BCUT2D eigenvalue weighted by molar-refractivity contribution is 5.05. The first-order valence-corrected chi connectivity index (χ1v) is 6.80. The predicted molar refractivity (Wildman–Crippen MR) is 68.5 cm³/mol. The third-order valence-electron chi connectivity index (χ3n) is 4.81. The SMILES string of the molecule is CCC1CCCN1C1(CN)CC(C)N(C)C1. The zero-order valence-corrected chi connectivity index (χ0v) is 11.1. The highest BCUT2D eigenvalue weighted by Gasteiger charge is 2.47. The quantitative estimate of drug-likeness (QED) is 0.785. The molecule has 0 radical (unpaired) electrons. The molecule has 94 valence electrons. The van der Waals surface area contributed by atoms with Crippen LogP contribution in [0, 0.1) is 0 Å². The molecule has 2 aliphatic rings. The topological polar surface area (TPSA) is 32.5 Å². The summed E-state index contributed by atoms with van der Waals surface area (Å²) in [6.07, 6.45) is 5.26. The van der Waals surface area contributed by atoms with Crippen LogP contribution >= 0.6 is 0 Å². The van der Waals surface area contributed by atoms with Crippen molar-refractivity contribution in [3.05, 3.63) is 0 Å². The second kappa shape index (κ2) is 4.63. The van der Waals surface area contributed by atoms with E-state index in [-0.39, 0.29) is 5.54 Å². The molecule has 3 atom stereocenters. The van der Waals surface area contributed by atoms with Crippen LogP contribution in [-0.2, 0) is 0 Å². The van der Waals surface area contributed by atoms with E-state index in [9.17, 15) is 0 Å². The number of rotatable bonds is 3. The second-order valence-corrected chi connectivity index (χ2v) is 5.79. The van der Waals surface area contributed by atoms with Crippen LogP contribution in [0.5, 0.6) is 0 Å². The minimum absolute atomic E-state index is 0.269. The lowest BCUT2D eigenvalue weighted by atomic mass is 9.92. The summed E-state index contributed by atoms with van der Waals surface area (Å²) < 4.78 is 0. The van der Waals surface area contributed by atoms with Gasteiger partial charge in [0.1, 0.15) is 0 Å². The standard InChI is InChI=1S/C13H27N3/c1-4-12-6-5-7-16(12)13(9-14)8-11(2)15(3)10-13/h11-12H,4-10,14H2,1-3H3. The second-order valence-electron chi connectivity index (χ2n) is 5.79. The van der Waals surface area contributed by atoms with Crippen molar-refractivity contribution in [2.75, 3.05) is 26.7 Å². The number of likely N-dealkylation sites (N-methyl/N-ethyl adjacent to an activating group) is 1. The highest BCUT2D eigenvalue weighted by Crippen LogP contribution is 2.36. The third kappa shape index (κ3) is 1.89.